The van der Waals surface area contributed by atoms with Gasteiger partial charge in [-0.3, -0.25) is 0 Å². The highest BCUT2D eigenvalue weighted by molar-refractivity contribution is 5.95. The van der Waals surface area contributed by atoms with Gasteiger partial charge in [0.25, 0.3) is 0 Å². The van der Waals surface area contributed by atoms with Crippen molar-refractivity contribution in [1.29, 1.82) is 0 Å². The first-order chi connectivity index (χ1) is 6.42. The molecule has 0 atom stereocenters. The van der Waals surface area contributed by atoms with Crippen LogP contribution in [0.1, 0.15) is 43.7 Å². The summed E-state index contributed by atoms with van der Waals surface area (Å²) in [5, 5.41) is 0. The average Bonchev–Trinajstić information content (AvgIpc) is 2.13. The Kier molecular flexibility index (Phi) is 2.49. The van der Waals surface area contributed by atoms with E-state index in [2.05, 4.69) is 37.3 Å². The Balaban J connectivity index is 1.92. The lowest BCUT2D eigenvalue weighted by molar-refractivity contribution is 0.735. The summed E-state index contributed by atoms with van der Waals surface area (Å²) in [5.41, 5.74) is 4.47. The van der Waals surface area contributed by atoms with Gasteiger partial charge in [-0.15, -0.1) is 0 Å². The summed E-state index contributed by atoms with van der Waals surface area (Å²) in [6.07, 6.45) is 7.61. The monoisotopic (exact) mass is 172 g/mol. The quantitative estimate of drug-likeness (QED) is 0.599. The van der Waals surface area contributed by atoms with Crippen LogP contribution in [0.2, 0.25) is 0 Å². The Morgan fingerprint density at radius 1 is 1.08 bits per heavy atom. The van der Waals surface area contributed by atoms with E-state index in [1.165, 1.54) is 36.8 Å². The lowest BCUT2D eigenvalue weighted by atomic mass is 9.86. The molecule has 0 aliphatic heterocycles. The first-order valence-electron chi connectivity index (χ1n) is 5.22. The highest BCUT2D eigenvalue weighted by atomic mass is 14.2. The summed E-state index contributed by atoms with van der Waals surface area (Å²) in [4.78, 5) is 0. The van der Waals surface area contributed by atoms with E-state index in [0.717, 1.165) is 0 Å². The molecule has 0 amide bonds. The Labute approximate surface area is 80.3 Å². The van der Waals surface area contributed by atoms with Crippen molar-refractivity contribution in [2.24, 2.45) is 0 Å². The number of hydrogen-bond acceptors (Lipinski definition) is 0. The number of benzene rings is 1. The summed E-state index contributed by atoms with van der Waals surface area (Å²) in [6, 6.07) is 8.67. The predicted molar refractivity (Wildman–Crippen MR) is 58.5 cm³/mol. The van der Waals surface area contributed by atoms with Gasteiger partial charge in [0.05, 0.1) is 0 Å². The van der Waals surface area contributed by atoms with Crippen molar-refractivity contribution >= 4 is 11.6 Å². The predicted octanol–water partition coefficient (Wildman–Crippen LogP) is 4.12. The van der Waals surface area contributed by atoms with E-state index < -0.39 is 0 Å². The molecule has 0 fully saturated rings. The van der Waals surface area contributed by atoms with Gasteiger partial charge >= 0.3 is 0 Å². The molecule has 0 N–H and O–H groups in total. The number of rotatable bonds is 4. The van der Waals surface area contributed by atoms with Gasteiger partial charge in [0.1, 0.15) is 0 Å². The van der Waals surface area contributed by atoms with Gasteiger partial charge in [0, 0.05) is 0 Å². The number of allylic oxidation sites excluding steroid dienone is 1. The summed E-state index contributed by atoms with van der Waals surface area (Å²) in [5.74, 6) is 0. The van der Waals surface area contributed by atoms with E-state index in [-0.39, 0.29) is 0 Å². The van der Waals surface area contributed by atoms with Crippen LogP contribution in [0, 0.1) is 0 Å². The van der Waals surface area contributed by atoms with Crippen molar-refractivity contribution < 1.29 is 0 Å². The molecular formula is C13H16. The van der Waals surface area contributed by atoms with E-state index in [0.29, 0.717) is 0 Å². The maximum Gasteiger partial charge on any atom is -0.0152 e. The SMILES string of the molecule is CCCCCC1=Cc2ccccc21. The third-order valence-electron chi connectivity index (χ3n) is 2.69. The van der Waals surface area contributed by atoms with Crippen LogP contribution in [0.15, 0.2) is 24.3 Å². The molecule has 0 heterocycles. The van der Waals surface area contributed by atoms with Crippen LogP contribution in [0.4, 0.5) is 0 Å². The lowest BCUT2D eigenvalue weighted by Gasteiger charge is -2.19. The van der Waals surface area contributed by atoms with Gasteiger partial charge in [-0.25, -0.2) is 0 Å². The van der Waals surface area contributed by atoms with Crippen LogP contribution in [0.5, 0.6) is 0 Å². The van der Waals surface area contributed by atoms with Crippen molar-refractivity contribution in [3.8, 4) is 0 Å². The second kappa shape index (κ2) is 3.78. The van der Waals surface area contributed by atoms with E-state index in [1.807, 2.05) is 0 Å². The Hall–Kier alpha value is -1.04. The zero-order chi connectivity index (χ0) is 9.10. The van der Waals surface area contributed by atoms with Crippen LogP contribution in [0.3, 0.4) is 0 Å². The smallest absolute Gasteiger partial charge is 0.0152 e. The molecular weight excluding hydrogens is 156 g/mol. The zero-order valence-corrected chi connectivity index (χ0v) is 8.22. The maximum atomic E-state index is 2.32. The van der Waals surface area contributed by atoms with Gasteiger partial charge < -0.3 is 0 Å². The number of hydrogen-bond donors (Lipinski definition) is 0. The molecule has 0 radical (unpaired) electrons. The molecule has 1 aliphatic carbocycles. The van der Waals surface area contributed by atoms with Crippen molar-refractivity contribution in [3.63, 3.8) is 0 Å². The second-order valence-electron chi connectivity index (χ2n) is 3.71. The first kappa shape index (κ1) is 8.55. The zero-order valence-electron chi connectivity index (χ0n) is 8.22. The van der Waals surface area contributed by atoms with Gasteiger partial charge in [-0.1, -0.05) is 50.1 Å². The normalized spacial score (nSPS) is 13.2. The summed E-state index contributed by atoms with van der Waals surface area (Å²) < 4.78 is 0. The summed E-state index contributed by atoms with van der Waals surface area (Å²) in [6.45, 7) is 2.25. The molecule has 1 aromatic rings. The minimum Gasteiger partial charge on any atom is -0.0654 e. The highest BCUT2D eigenvalue weighted by Crippen LogP contribution is 2.35. The first-order valence-corrected chi connectivity index (χ1v) is 5.22. The topological polar surface area (TPSA) is 0 Å². The summed E-state index contributed by atoms with van der Waals surface area (Å²) >= 11 is 0. The van der Waals surface area contributed by atoms with Gasteiger partial charge in [0.2, 0.25) is 0 Å². The van der Waals surface area contributed by atoms with Crippen molar-refractivity contribution in [3.05, 3.63) is 35.4 Å². The summed E-state index contributed by atoms with van der Waals surface area (Å²) in [7, 11) is 0. The fraction of sp³-hybridized carbons (Fsp3) is 0.385. The molecule has 0 nitrogen and oxygen atoms in total. The molecule has 0 bridgehead atoms. The van der Waals surface area contributed by atoms with E-state index in [9.17, 15) is 0 Å². The Bertz CT molecular complexity index is 321. The van der Waals surface area contributed by atoms with Crippen molar-refractivity contribution in [1.82, 2.24) is 0 Å². The lowest BCUT2D eigenvalue weighted by Crippen LogP contribution is -1.97. The van der Waals surface area contributed by atoms with E-state index in [4.69, 9.17) is 0 Å². The van der Waals surface area contributed by atoms with Crippen LogP contribution in [-0.4, -0.2) is 0 Å². The van der Waals surface area contributed by atoms with E-state index >= 15 is 0 Å². The fourth-order valence-corrected chi connectivity index (χ4v) is 1.88. The van der Waals surface area contributed by atoms with Gasteiger partial charge in [-0.2, -0.15) is 0 Å². The molecule has 0 spiro atoms. The molecule has 13 heavy (non-hydrogen) atoms. The molecule has 1 aliphatic rings. The molecule has 0 saturated carbocycles. The fourth-order valence-electron chi connectivity index (χ4n) is 1.88. The minimum absolute atomic E-state index is 1.27. The highest BCUT2D eigenvalue weighted by Gasteiger charge is 2.13. The molecule has 0 heteroatoms. The van der Waals surface area contributed by atoms with E-state index in [1.54, 1.807) is 5.57 Å². The standard InChI is InChI=1S/C13H16/c1-2-3-4-7-11-10-12-8-5-6-9-13(11)12/h5-6,8-10H,2-4,7H2,1H3. The molecule has 68 valence electrons. The third-order valence-corrected chi connectivity index (χ3v) is 2.69. The van der Waals surface area contributed by atoms with Crippen LogP contribution in [0.25, 0.3) is 11.6 Å². The Morgan fingerprint density at radius 3 is 2.69 bits per heavy atom. The van der Waals surface area contributed by atoms with Crippen LogP contribution >= 0.6 is 0 Å². The molecule has 0 unspecified atom stereocenters. The molecule has 0 aromatic heterocycles. The van der Waals surface area contributed by atoms with Crippen molar-refractivity contribution in [2.45, 2.75) is 32.6 Å². The van der Waals surface area contributed by atoms with Gasteiger partial charge in [0.15, 0.2) is 0 Å². The molecule has 1 aromatic carbocycles. The Morgan fingerprint density at radius 2 is 1.92 bits per heavy atom. The molecule has 0 saturated heterocycles. The number of fused-ring (bicyclic) bond motifs is 1. The van der Waals surface area contributed by atoms with Crippen molar-refractivity contribution in [2.75, 3.05) is 0 Å². The largest absolute Gasteiger partial charge is 0.0654 e. The molecule has 2 rings (SSSR count). The second-order valence-corrected chi connectivity index (χ2v) is 3.71. The average molecular weight is 172 g/mol. The van der Waals surface area contributed by atoms with Crippen LogP contribution < -0.4 is 0 Å². The number of unbranched alkanes of at least 4 members (excludes halogenated alkanes) is 2. The third kappa shape index (κ3) is 1.67. The van der Waals surface area contributed by atoms with Crippen LogP contribution in [-0.2, 0) is 0 Å². The van der Waals surface area contributed by atoms with Gasteiger partial charge in [-0.05, 0) is 29.5 Å². The maximum absolute atomic E-state index is 2.32. The minimum atomic E-state index is 1.27.